The molecule has 3 rings (SSSR count). The van der Waals surface area contributed by atoms with Crippen LogP contribution in [0.3, 0.4) is 0 Å². The molecule has 0 fully saturated rings. The van der Waals surface area contributed by atoms with Crippen LogP contribution in [0.1, 0.15) is 23.1 Å². The molecule has 0 amide bonds. The van der Waals surface area contributed by atoms with Crippen molar-refractivity contribution < 1.29 is 0 Å². The van der Waals surface area contributed by atoms with E-state index < -0.39 is 0 Å². The number of hydrogen-bond donors (Lipinski definition) is 1. The second kappa shape index (κ2) is 4.92. The Morgan fingerprint density at radius 1 is 1.00 bits per heavy atom. The average molecular weight is 250 g/mol. The van der Waals surface area contributed by atoms with Crippen molar-refractivity contribution in [1.29, 1.82) is 0 Å². The van der Waals surface area contributed by atoms with Crippen molar-refractivity contribution in [1.82, 2.24) is 0 Å². The van der Waals surface area contributed by atoms with Crippen molar-refractivity contribution >= 4 is 12.6 Å². The first-order valence-corrected chi connectivity index (χ1v) is 6.82. The molecule has 0 bridgehead atoms. The summed E-state index contributed by atoms with van der Waals surface area (Å²) in [6.07, 6.45) is 1.88. The largest absolute Gasteiger partial charge is 0.178 e. The Balaban J connectivity index is 1.97. The van der Waals surface area contributed by atoms with Crippen LogP contribution in [0.5, 0.6) is 0 Å². The molecule has 0 heterocycles. The van der Waals surface area contributed by atoms with Crippen molar-refractivity contribution in [3.8, 4) is 23.0 Å². The Bertz CT molecular complexity index is 644. The van der Waals surface area contributed by atoms with Crippen LogP contribution in [0.25, 0.3) is 11.1 Å². The summed E-state index contributed by atoms with van der Waals surface area (Å²) in [5, 5.41) is 0. The molecule has 2 aromatic rings. The molecule has 0 unspecified atom stereocenters. The van der Waals surface area contributed by atoms with Gasteiger partial charge in [-0.05, 0) is 40.8 Å². The van der Waals surface area contributed by atoms with E-state index in [4.69, 9.17) is 0 Å². The zero-order valence-electron chi connectivity index (χ0n) is 10.1. The molecule has 0 atom stereocenters. The van der Waals surface area contributed by atoms with Gasteiger partial charge in [0.25, 0.3) is 0 Å². The van der Waals surface area contributed by atoms with Gasteiger partial charge in [-0.3, -0.25) is 0 Å². The fraction of sp³-hybridized carbons (Fsp3) is 0.176. The topological polar surface area (TPSA) is 0 Å². The van der Waals surface area contributed by atoms with Gasteiger partial charge in [0.15, 0.2) is 0 Å². The molecule has 88 valence electrons. The SMILES string of the molecule is SCCC#Cc1ccc2c(c1)Cc1ccccc1-2. The Labute approximate surface area is 113 Å². The minimum atomic E-state index is 0.823. The molecule has 0 nitrogen and oxygen atoms in total. The number of thiol groups is 1. The maximum Gasteiger partial charge on any atom is 0.0248 e. The maximum atomic E-state index is 4.16. The first-order chi connectivity index (χ1) is 8.88. The number of benzene rings is 2. The van der Waals surface area contributed by atoms with Crippen molar-refractivity contribution in [2.45, 2.75) is 12.8 Å². The third-order valence-corrected chi connectivity index (χ3v) is 3.49. The van der Waals surface area contributed by atoms with Crippen molar-refractivity contribution in [3.05, 3.63) is 59.2 Å². The van der Waals surface area contributed by atoms with Gasteiger partial charge in [0.1, 0.15) is 0 Å². The van der Waals surface area contributed by atoms with E-state index in [-0.39, 0.29) is 0 Å². The van der Waals surface area contributed by atoms with E-state index >= 15 is 0 Å². The standard InChI is InChI=1S/C17H14S/c18-10-4-3-5-13-8-9-17-15(11-13)12-14-6-1-2-7-16(14)17/h1-2,6-9,11,18H,4,10,12H2. The van der Waals surface area contributed by atoms with Crippen LogP contribution < -0.4 is 0 Å². The fourth-order valence-electron chi connectivity index (χ4n) is 2.44. The smallest absolute Gasteiger partial charge is 0.0248 e. The minimum absolute atomic E-state index is 0.823. The van der Waals surface area contributed by atoms with E-state index in [1.165, 1.54) is 22.3 Å². The highest BCUT2D eigenvalue weighted by Gasteiger charge is 2.17. The van der Waals surface area contributed by atoms with Crippen LogP contribution in [0.15, 0.2) is 42.5 Å². The lowest BCUT2D eigenvalue weighted by Crippen LogP contribution is -1.82. The Morgan fingerprint density at radius 3 is 2.72 bits per heavy atom. The molecule has 1 aliphatic carbocycles. The van der Waals surface area contributed by atoms with Gasteiger partial charge in [-0.25, -0.2) is 0 Å². The second-order valence-corrected chi connectivity index (χ2v) is 4.93. The van der Waals surface area contributed by atoms with E-state index in [1.54, 1.807) is 0 Å². The first-order valence-electron chi connectivity index (χ1n) is 6.19. The lowest BCUT2D eigenvalue weighted by Gasteiger charge is -2.00. The number of rotatable bonds is 1. The van der Waals surface area contributed by atoms with E-state index in [2.05, 4.69) is 66.9 Å². The van der Waals surface area contributed by atoms with Crippen molar-refractivity contribution in [2.75, 3.05) is 5.75 Å². The lowest BCUT2D eigenvalue weighted by atomic mass is 10.0. The summed E-state index contributed by atoms with van der Waals surface area (Å²) in [6, 6.07) is 15.2. The van der Waals surface area contributed by atoms with Gasteiger partial charge in [-0.1, -0.05) is 42.2 Å². The Kier molecular flexibility index (Phi) is 3.13. The normalized spacial score (nSPS) is 11.4. The van der Waals surface area contributed by atoms with Gasteiger partial charge in [0.05, 0.1) is 0 Å². The summed E-state index contributed by atoms with van der Waals surface area (Å²) in [5.74, 6) is 7.16. The molecule has 0 N–H and O–H groups in total. The van der Waals surface area contributed by atoms with Crippen LogP contribution in [0.4, 0.5) is 0 Å². The lowest BCUT2D eigenvalue weighted by molar-refractivity contribution is 1.26. The Hall–Kier alpha value is -1.65. The molecule has 1 aliphatic rings. The van der Waals surface area contributed by atoms with E-state index in [0.717, 1.165) is 24.2 Å². The minimum Gasteiger partial charge on any atom is -0.178 e. The monoisotopic (exact) mass is 250 g/mol. The predicted octanol–water partition coefficient (Wildman–Crippen LogP) is 3.93. The van der Waals surface area contributed by atoms with Gasteiger partial charge in [-0.2, -0.15) is 12.6 Å². The zero-order chi connectivity index (χ0) is 12.4. The zero-order valence-corrected chi connectivity index (χ0v) is 11.0. The third kappa shape index (κ3) is 2.05. The highest BCUT2D eigenvalue weighted by atomic mass is 32.1. The molecule has 1 heteroatoms. The van der Waals surface area contributed by atoms with E-state index in [9.17, 15) is 0 Å². The number of hydrogen-bond acceptors (Lipinski definition) is 1. The molecule has 0 radical (unpaired) electrons. The van der Waals surface area contributed by atoms with Gasteiger partial charge >= 0.3 is 0 Å². The molecular weight excluding hydrogens is 236 g/mol. The van der Waals surface area contributed by atoms with Crippen LogP contribution in [0, 0.1) is 11.8 Å². The van der Waals surface area contributed by atoms with Crippen LogP contribution >= 0.6 is 12.6 Å². The summed E-state index contributed by atoms with van der Waals surface area (Å²) < 4.78 is 0. The summed E-state index contributed by atoms with van der Waals surface area (Å²) in [7, 11) is 0. The molecule has 0 aromatic heterocycles. The quantitative estimate of drug-likeness (QED) is 0.491. The third-order valence-electron chi connectivity index (χ3n) is 3.26. The summed E-state index contributed by atoms with van der Waals surface area (Å²) >= 11 is 4.16. The van der Waals surface area contributed by atoms with Crippen molar-refractivity contribution in [3.63, 3.8) is 0 Å². The van der Waals surface area contributed by atoms with Crippen LogP contribution in [-0.4, -0.2) is 5.75 Å². The highest BCUT2D eigenvalue weighted by Crippen LogP contribution is 2.36. The predicted molar refractivity (Wildman–Crippen MR) is 80.0 cm³/mol. The van der Waals surface area contributed by atoms with Gasteiger partial charge in [-0.15, -0.1) is 0 Å². The molecule has 18 heavy (non-hydrogen) atoms. The molecular formula is C17H14S. The van der Waals surface area contributed by atoms with Crippen LogP contribution in [-0.2, 0) is 6.42 Å². The molecule has 0 spiro atoms. The summed E-state index contributed by atoms with van der Waals surface area (Å²) in [6.45, 7) is 0. The fourth-order valence-corrected chi connectivity index (χ4v) is 2.56. The molecule has 0 saturated carbocycles. The maximum absolute atomic E-state index is 4.16. The van der Waals surface area contributed by atoms with Crippen LogP contribution in [0.2, 0.25) is 0 Å². The number of fused-ring (bicyclic) bond motifs is 3. The average Bonchev–Trinajstić information content (AvgIpc) is 2.76. The molecule has 0 saturated heterocycles. The van der Waals surface area contributed by atoms with Crippen molar-refractivity contribution in [2.24, 2.45) is 0 Å². The highest BCUT2D eigenvalue weighted by molar-refractivity contribution is 7.80. The first kappa shape index (κ1) is 11.4. The second-order valence-electron chi connectivity index (χ2n) is 4.48. The van der Waals surface area contributed by atoms with Gasteiger partial charge < -0.3 is 0 Å². The molecule has 0 aliphatic heterocycles. The molecule has 2 aromatic carbocycles. The van der Waals surface area contributed by atoms with Gasteiger partial charge in [0.2, 0.25) is 0 Å². The van der Waals surface area contributed by atoms with E-state index in [1.807, 2.05) is 0 Å². The summed E-state index contributed by atoms with van der Waals surface area (Å²) in [5.41, 5.74) is 6.68. The van der Waals surface area contributed by atoms with Gasteiger partial charge in [0, 0.05) is 17.7 Å². The van der Waals surface area contributed by atoms with E-state index in [0.29, 0.717) is 0 Å². The Morgan fingerprint density at radius 2 is 1.83 bits per heavy atom. The summed E-state index contributed by atoms with van der Waals surface area (Å²) in [4.78, 5) is 0.